The molecule has 138 valence electrons. The number of piperidine rings is 1. The Morgan fingerprint density at radius 2 is 1.77 bits per heavy atom. The molecule has 5 nitrogen and oxygen atoms in total. The number of carbonyl (C=O) groups is 1. The van der Waals surface area contributed by atoms with E-state index in [1.165, 1.54) is 0 Å². The summed E-state index contributed by atoms with van der Waals surface area (Å²) in [6, 6.07) is 15.9. The molecule has 0 spiro atoms. The van der Waals surface area contributed by atoms with Crippen LogP contribution in [0.15, 0.2) is 48.5 Å². The van der Waals surface area contributed by atoms with Gasteiger partial charge in [-0.15, -0.1) is 0 Å². The summed E-state index contributed by atoms with van der Waals surface area (Å²) in [5, 5.41) is 6.52. The molecule has 0 unspecified atom stereocenters. The van der Waals surface area contributed by atoms with Crippen molar-refractivity contribution in [2.45, 2.75) is 18.9 Å². The van der Waals surface area contributed by atoms with Gasteiger partial charge in [-0.2, -0.15) is 0 Å². The number of hydrogen-bond acceptors (Lipinski definition) is 4. The summed E-state index contributed by atoms with van der Waals surface area (Å²) in [7, 11) is 2.15. The molecule has 0 aliphatic carbocycles. The molecule has 0 bridgehead atoms. The summed E-state index contributed by atoms with van der Waals surface area (Å²) in [4.78, 5) is 14.6. The fraction of sp³-hybridized carbons (Fsp3) is 0.350. The van der Waals surface area contributed by atoms with Gasteiger partial charge in [-0.25, -0.2) is 0 Å². The molecule has 26 heavy (non-hydrogen) atoms. The zero-order valence-electron chi connectivity index (χ0n) is 14.9. The maximum absolute atomic E-state index is 12.3. The number of benzene rings is 2. The van der Waals surface area contributed by atoms with Gasteiger partial charge >= 0.3 is 0 Å². The minimum Gasteiger partial charge on any atom is -0.484 e. The van der Waals surface area contributed by atoms with Gasteiger partial charge in [0.1, 0.15) is 5.75 Å². The van der Waals surface area contributed by atoms with Crippen LogP contribution in [0.1, 0.15) is 12.8 Å². The molecule has 1 amide bonds. The van der Waals surface area contributed by atoms with E-state index >= 15 is 0 Å². The summed E-state index contributed by atoms with van der Waals surface area (Å²) in [5.74, 6) is 0.527. The molecule has 0 atom stereocenters. The highest BCUT2D eigenvalue weighted by Gasteiger charge is 2.17. The normalized spacial score (nSPS) is 15.5. The smallest absolute Gasteiger partial charge is 0.262 e. The van der Waals surface area contributed by atoms with Gasteiger partial charge in [0.15, 0.2) is 6.61 Å². The van der Waals surface area contributed by atoms with Crippen molar-refractivity contribution in [3.05, 3.63) is 52.1 Å². The van der Waals surface area contributed by atoms with Crippen LogP contribution >= 0.6 is 22.6 Å². The molecule has 1 saturated heterocycles. The Labute approximate surface area is 168 Å². The Balaban J connectivity index is 1.55. The lowest BCUT2D eigenvalue weighted by Crippen LogP contribution is -2.36. The number of anilines is 2. The first-order chi connectivity index (χ1) is 12.6. The van der Waals surface area contributed by atoms with E-state index in [2.05, 4.69) is 45.2 Å². The molecule has 2 aromatic rings. The first-order valence-corrected chi connectivity index (χ1v) is 9.90. The standard InChI is InChI=1S/C20H24IN3O2/c1-24-12-10-16(11-13-24)22-18-4-2-3-5-19(18)23-20(25)14-26-17-8-6-15(21)7-9-17/h2-9,16,22H,10-14H2,1H3,(H,23,25). The van der Waals surface area contributed by atoms with Crippen LogP contribution in [0.2, 0.25) is 0 Å². The number of amides is 1. The molecule has 2 N–H and O–H groups in total. The van der Waals surface area contributed by atoms with Crippen molar-refractivity contribution in [3.8, 4) is 5.75 Å². The van der Waals surface area contributed by atoms with E-state index < -0.39 is 0 Å². The molecule has 1 heterocycles. The van der Waals surface area contributed by atoms with Crippen molar-refractivity contribution in [1.29, 1.82) is 0 Å². The quantitative estimate of drug-likeness (QED) is 0.638. The van der Waals surface area contributed by atoms with E-state index in [9.17, 15) is 4.79 Å². The van der Waals surface area contributed by atoms with E-state index in [1.54, 1.807) is 0 Å². The third-order valence-corrected chi connectivity index (χ3v) is 5.18. The Hall–Kier alpha value is -1.80. The van der Waals surface area contributed by atoms with Gasteiger partial charge in [0, 0.05) is 9.61 Å². The fourth-order valence-electron chi connectivity index (χ4n) is 2.96. The number of halogens is 1. The number of rotatable bonds is 6. The SMILES string of the molecule is CN1CCC(Nc2ccccc2NC(=O)COc2ccc(I)cc2)CC1. The van der Waals surface area contributed by atoms with E-state index in [0.29, 0.717) is 11.8 Å². The summed E-state index contributed by atoms with van der Waals surface area (Å²) < 4.78 is 6.69. The molecule has 6 heteroatoms. The largest absolute Gasteiger partial charge is 0.484 e. The van der Waals surface area contributed by atoms with E-state index in [4.69, 9.17) is 4.74 Å². The van der Waals surface area contributed by atoms with Gasteiger partial charge in [-0.05, 0) is 92.0 Å². The van der Waals surface area contributed by atoms with Crippen LogP contribution in [0.25, 0.3) is 0 Å². The molecule has 1 fully saturated rings. The summed E-state index contributed by atoms with van der Waals surface area (Å²) in [5.41, 5.74) is 1.76. The van der Waals surface area contributed by atoms with Gasteiger partial charge < -0.3 is 20.3 Å². The lowest BCUT2D eigenvalue weighted by atomic mass is 10.0. The van der Waals surface area contributed by atoms with Crippen LogP contribution in [-0.4, -0.2) is 43.6 Å². The minimum absolute atomic E-state index is 0.0108. The number of nitrogens with zero attached hydrogens (tertiary/aromatic N) is 1. The molecule has 0 saturated carbocycles. The highest BCUT2D eigenvalue weighted by atomic mass is 127. The fourth-order valence-corrected chi connectivity index (χ4v) is 3.32. The van der Waals surface area contributed by atoms with Crippen molar-refractivity contribution in [1.82, 2.24) is 4.90 Å². The van der Waals surface area contributed by atoms with E-state index in [0.717, 1.165) is 40.9 Å². The topological polar surface area (TPSA) is 53.6 Å². The Bertz CT molecular complexity index is 728. The second kappa shape index (κ2) is 9.23. The first-order valence-electron chi connectivity index (χ1n) is 8.82. The lowest BCUT2D eigenvalue weighted by molar-refractivity contribution is -0.118. The van der Waals surface area contributed by atoms with Gasteiger partial charge in [-0.3, -0.25) is 4.79 Å². The van der Waals surface area contributed by atoms with Crippen LogP contribution in [-0.2, 0) is 4.79 Å². The minimum atomic E-state index is -0.166. The number of carbonyl (C=O) groups excluding carboxylic acids is 1. The van der Waals surface area contributed by atoms with E-state index in [1.807, 2.05) is 48.5 Å². The van der Waals surface area contributed by atoms with Crippen molar-refractivity contribution in [2.24, 2.45) is 0 Å². The monoisotopic (exact) mass is 465 g/mol. The molecule has 1 aliphatic rings. The van der Waals surface area contributed by atoms with Crippen LogP contribution in [0.4, 0.5) is 11.4 Å². The summed E-state index contributed by atoms with van der Waals surface area (Å²) >= 11 is 2.24. The molecule has 0 radical (unpaired) electrons. The Kier molecular flexibility index (Phi) is 6.73. The maximum Gasteiger partial charge on any atom is 0.262 e. The van der Waals surface area contributed by atoms with Crippen LogP contribution in [0.3, 0.4) is 0 Å². The highest BCUT2D eigenvalue weighted by molar-refractivity contribution is 14.1. The van der Waals surface area contributed by atoms with Crippen LogP contribution < -0.4 is 15.4 Å². The van der Waals surface area contributed by atoms with Gasteiger partial charge in [0.25, 0.3) is 5.91 Å². The number of likely N-dealkylation sites (tertiary alicyclic amines) is 1. The Morgan fingerprint density at radius 3 is 2.46 bits per heavy atom. The van der Waals surface area contributed by atoms with Crippen molar-refractivity contribution in [2.75, 3.05) is 37.4 Å². The predicted molar refractivity (Wildman–Crippen MR) is 114 cm³/mol. The second-order valence-electron chi connectivity index (χ2n) is 6.56. The van der Waals surface area contributed by atoms with Gasteiger partial charge in [0.05, 0.1) is 11.4 Å². The third kappa shape index (κ3) is 5.60. The highest BCUT2D eigenvalue weighted by Crippen LogP contribution is 2.24. The molecule has 3 rings (SSSR count). The number of ether oxygens (including phenoxy) is 1. The van der Waals surface area contributed by atoms with Gasteiger partial charge in [0.2, 0.25) is 0 Å². The third-order valence-electron chi connectivity index (χ3n) is 4.46. The zero-order valence-corrected chi connectivity index (χ0v) is 17.0. The molecule has 1 aliphatic heterocycles. The van der Waals surface area contributed by atoms with Crippen LogP contribution in [0.5, 0.6) is 5.75 Å². The second-order valence-corrected chi connectivity index (χ2v) is 7.80. The zero-order chi connectivity index (χ0) is 18.4. The predicted octanol–water partition coefficient (Wildman–Crippen LogP) is 3.81. The lowest BCUT2D eigenvalue weighted by Gasteiger charge is -2.30. The van der Waals surface area contributed by atoms with Gasteiger partial charge in [-0.1, -0.05) is 12.1 Å². The molecule has 0 aromatic heterocycles. The first kappa shape index (κ1) is 19.0. The number of para-hydroxylation sites is 2. The maximum atomic E-state index is 12.3. The molecular weight excluding hydrogens is 441 g/mol. The van der Waals surface area contributed by atoms with Crippen molar-refractivity contribution < 1.29 is 9.53 Å². The summed E-state index contributed by atoms with van der Waals surface area (Å²) in [6.07, 6.45) is 2.21. The van der Waals surface area contributed by atoms with Crippen molar-refractivity contribution in [3.63, 3.8) is 0 Å². The average Bonchev–Trinajstić information content (AvgIpc) is 2.65. The van der Waals surface area contributed by atoms with Crippen LogP contribution in [0, 0.1) is 3.57 Å². The molecule has 2 aromatic carbocycles. The Morgan fingerprint density at radius 1 is 1.12 bits per heavy atom. The number of hydrogen-bond donors (Lipinski definition) is 2. The average molecular weight is 465 g/mol. The summed E-state index contributed by atoms with van der Waals surface area (Å²) in [6.45, 7) is 2.18. The van der Waals surface area contributed by atoms with Crippen molar-refractivity contribution >= 4 is 39.9 Å². The molecular formula is C20H24IN3O2. The number of nitrogens with one attached hydrogen (secondary N) is 2. The van der Waals surface area contributed by atoms with E-state index in [-0.39, 0.29) is 12.5 Å².